The SMILES string of the molecule is c1ccc2c(c1)Cc1c(-c3ccc4cc(OCC5CO5)ccc4c3)cccc1-2. The molecule has 0 bridgehead atoms. The van der Waals surface area contributed by atoms with Crippen molar-refractivity contribution in [3.8, 4) is 28.0 Å². The van der Waals surface area contributed by atoms with Crippen molar-refractivity contribution >= 4 is 10.8 Å². The van der Waals surface area contributed by atoms with Gasteiger partial charge in [-0.05, 0) is 68.8 Å². The van der Waals surface area contributed by atoms with Crippen LogP contribution in [-0.2, 0) is 11.2 Å². The van der Waals surface area contributed by atoms with Crippen molar-refractivity contribution in [1.29, 1.82) is 0 Å². The van der Waals surface area contributed by atoms with Crippen LogP contribution in [0.15, 0.2) is 78.9 Å². The Morgan fingerprint density at radius 3 is 2.50 bits per heavy atom. The lowest BCUT2D eigenvalue weighted by Gasteiger charge is -2.11. The Bertz CT molecular complexity index is 1200. The van der Waals surface area contributed by atoms with Gasteiger partial charge in [0.15, 0.2) is 0 Å². The van der Waals surface area contributed by atoms with Crippen LogP contribution in [0, 0.1) is 0 Å². The maximum atomic E-state index is 5.82. The van der Waals surface area contributed by atoms with Gasteiger partial charge in [0.05, 0.1) is 6.61 Å². The summed E-state index contributed by atoms with van der Waals surface area (Å²) < 4.78 is 11.0. The summed E-state index contributed by atoms with van der Waals surface area (Å²) in [6, 6.07) is 28.5. The highest BCUT2D eigenvalue weighted by Gasteiger charge is 2.23. The fourth-order valence-electron chi connectivity index (χ4n) is 4.26. The molecule has 1 atom stereocenters. The first-order chi connectivity index (χ1) is 13.8. The maximum Gasteiger partial charge on any atom is 0.120 e. The molecule has 4 aromatic carbocycles. The van der Waals surface area contributed by atoms with Gasteiger partial charge in [-0.2, -0.15) is 0 Å². The molecular formula is C26H20O2. The van der Waals surface area contributed by atoms with E-state index < -0.39 is 0 Å². The molecule has 2 heteroatoms. The Morgan fingerprint density at radius 1 is 0.786 bits per heavy atom. The summed E-state index contributed by atoms with van der Waals surface area (Å²) in [4.78, 5) is 0. The van der Waals surface area contributed by atoms with E-state index in [0.717, 1.165) is 18.8 Å². The Balaban J connectivity index is 1.38. The van der Waals surface area contributed by atoms with Crippen LogP contribution in [-0.4, -0.2) is 19.3 Å². The highest BCUT2D eigenvalue weighted by atomic mass is 16.6. The van der Waals surface area contributed by atoms with Gasteiger partial charge in [-0.15, -0.1) is 0 Å². The van der Waals surface area contributed by atoms with E-state index in [1.54, 1.807) is 0 Å². The molecule has 2 nitrogen and oxygen atoms in total. The van der Waals surface area contributed by atoms with Crippen molar-refractivity contribution in [2.24, 2.45) is 0 Å². The molecule has 0 radical (unpaired) electrons. The van der Waals surface area contributed by atoms with Crippen LogP contribution in [0.5, 0.6) is 5.75 Å². The van der Waals surface area contributed by atoms with Crippen LogP contribution in [0.4, 0.5) is 0 Å². The molecule has 28 heavy (non-hydrogen) atoms. The van der Waals surface area contributed by atoms with Gasteiger partial charge in [0.25, 0.3) is 0 Å². The minimum absolute atomic E-state index is 0.280. The van der Waals surface area contributed by atoms with Crippen LogP contribution in [0.1, 0.15) is 11.1 Å². The lowest BCUT2D eigenvalue weighted by molar-refractivity contribution is 0.263. The van der Waals surface area contributed by atoms with Crippen molar-refractivity contribution in [3.63, 3.8) is 0 Å². The quantitative estimate of drug-likeness (QED) is 0.373. The standard InChI is InChI=1S/C26H20O2/c1-2-5-23-19(4-1)14-26-24(6-3-7-25(23)26)20-9-8-18-13-21(11-10-17(18)12-20)27-15-22-16-28-22/h1-13,22H,14-16H2. The van der Waals surface area contributed by atoms with Crippen LogP contribution >= 0.6 is 0 Å². The normalized spacial score (nSPS) is 16.6. The first-order valence-electron chi connectivity index (χ1n) is 9.84. The number of epoxide rings is 1. The van der Waals surface area contributed by atoms with Gasteiger partial charge in [-0.25, -0.2) is 0 Å². The number of benzene rings is 4. The van der Waals surface area contributed by atoms with E-state index in [2.05, 4.69) is 78.9 Å². The number of fused-ring (bicyclic) bond motifs is 4. The molecule has 1 saturated heterocycles. The molecular weight excluding hydrogens is 344 g/mol. The van der Waals surface area contributed by atoms with E-state index in [1.165, 1.54) is 44.2 Å². The smallest absolute Gasteiger partial charge is 0.120 e. The predicted octanol–water partition coefficient (Wildman–Crippen LogP) is 5.86. The van der Waals surface area contributed by atoms with E-state index >= 15 is 0 Å². The van der Waals surface area contributed by atoms with Crippen LogP contribution in [0.25, 0.3) is 33.0 Å². The molecule has 1 fully saturated rings. The number of hydrogen-bond acceptors (Lipinski definition) is 2. The molecule has 136 valence electrons. The molecule has 0 amide bonds. The van der Waals surface area contributed by atoms with Crippen molar-refractivity contribution in [1.82, 2.24) is 0 Å². The summed E-state index contributed by atoms with van der Waals surface area (Å²) in [6.45, 7) is 1.46. The third kappa shape index (κ3) is 2.69. The molecule has 0 aromatic heterocycles. The third-order valence-corrected chi connectivity index (χ3v) is 5.81. The van der Waals surface area contributed by atoms with Gasteiger partial charge < -0.3 is 9.47 Å². The largest absolute Gasteiger partial charge is 0.491 e. The topological polar surface area (TPSA) is 21.8 Å². The van der Waals surface area contributed by atoms with Crippen LogP contribution in [0.3, 0.4) is 0 Å². The van der Waals surface area contributed by atoms with Gasteiger partial charge in [0, 0.05) is 0 Å². The summed E-state index contributed by atoms with van der Waals surface area (Å²) in [6.07, 6.45) is 1.29. The van der Waals surface area contributed by atoms with E-state index in [1.807, 2.05) is 0 Å². The second-order valence-corrected chi connectivity index (χ2v) is 7.66. The minimum atomic E-state index is 0.280. The Kier molecular flexibility index (Phi) is 3.53. The van der Waals surface area contributed by atoms with Gasteiger partial charge in [-0.1, -0.05) is 60.7 Å². The van der Waals surface area contributed by atoms with Crippen molar-refractivity contribution in [3.05, 3.63) is 90.0 Å². The highest BCUT2D eigenvalue weighted by Crippen LogP contribution is 2.41. The van der Waals surface area contributed by atoms with Crippen LogP contribution in [0.2, 0.25) is 0 Å². The van der Waals surface area contributed by atoms with Crippen molar-refractivity contribution < 1.29 is 9.47 Å². The summed E-state index contributed by atoms with van der Waals surface area (Å²) in [5, 5.41) is 2.44. The summed E-state index contributed by atoms with van der Waals surface area (Å²) >= 11 is 0. The molecule has 4 aromatic rings. The number of hydrogen-bond donors (Lipinski definition) is 0. The van der Waals surface area contributed by atoms with E-state index in [-0.39, 0.29) is 6.10 Å². The van der Waals surface area contributed by atoms with Crippen molar-refractivity contribution in [2.45, 2.75) is 12.5 Å². The lowest BCUT2D eigenvalue weighted by atomic mass is 9.94. The zero-order valence-corrected chi connectivity index (χ0v) is 15.5. The zero-order chi connectivity index (χ0) is 18.5. The lowest BCUT2D eigenvalue weighted by Crippen LogP contribution is -2.03. The summed E-state index contributed by atoms with van der Waals surface area (Å²) in [7, 11) is 0. The van der Waals surface area contributed by atoms with E-state index in [0.29, 0.717) is 6.61 Å². The molecule has 1 heterocycles. The second-order valence-electron chi connectivity index (χ2n) is 7.66. The third-order valence-electron chi connectivity index (χ3n) is 5.81. The first kappa shape index (κ1) is 15.9. The number of ether oxygens (including phenoxy) is 2. The van der Waals surface area contributed by atoms with E-state index in [4.69, 9.17) is 9.47 Å². The summed E-state index contributed by atoms with van der Waals surface area (Å²) in [5.41, 5.74) is 8.22. The van der Waals surface area contributed by atoms with E-state index in [9.17, 15) is 0 Å². The highest BCUT2D eigenvalue weighted by molar-refractivity contribution is 5.91. The Morgan fingerprint density at radius 2 is 1.57 bits per heavy atom. The molecule has 6 rings (SSSR count). The van der Waals surface area contributed by atoms with Gasteiger partial charge in [-0.3, -0.25) is 0 Å². The zero-order valence-electron chi connectivity index (χ0n) is 15.5. The molecule has 0 spiro atoms. The van der Waals surface area contributed by atoms with Gasteiger partial charge in [0.2, 0.25) is 0 Å². The molecule has 1 aliphatic heterocycles. The van der Waals surface area contributed by atoms with Gasteiger partial charge in [0.1, 0.15) is 18.5 Å². The maximum absolute atomic E-state index is 5.82. The van der Waals surface area contributed by atoms with Crippen LogP contribution < -0.4 is 4.74 Å². The molecule has 1 unspecified atom stereocenters. The fraction of sp³-hybridized carbons (Fsp3) is 0.154. The molecule has 1 aliphatic carbocycles. The fourth-order valence-corrected chi connectivity index (χ4v) is 4.26. The molecule has 2 aliphatic rings. The summed E-state index contributed by atoms with van der Waals surface area (Å²) in [5.74, 6) is 0.909. The second kappa shape index (κ2) is 6.22. The van der Waals surface area contributed by atoms with Crippen molar-refractivity contribution in [2.75, 3.05) is 13.2 Å². The average molecular weight is 364 g/mol. The Hall–Kier alpha value is -3.10. The number of rotatable bonds is 4. The average Bonchev–Trinajstić information content (AvgIpc) is 3.50. The predicted molar refractivity (Wildman–Crippen MR) is 113 cm³/mol. The minimum Gasteiger partial charge on any atom is -0.491 e. The Labute approximate surface area is 164 Å². The molecule has 0 N–H and O–H groups in total. The monoisotopic (exact) mass is 364 g/mol. The van der Waals surface area contributed by atoms with Gasteiger partial charge >= 0.3 is 0 Å². The molecule has 0 saturated carbocycles. The first-order valence-corrected chi connectivity index (χ1v) is 9.84.